The second kappa shape index (κ2) is 6.86. The summed E-state index contributed by atoms with van der Waals surface area (Å²) in [5.74, 6) is -1.22. The molecule has 0 aliphatic rings. The first-order valence-corrected chi connectivity index (χ1v) is 6.03. The minimum absolute atomic E-state index is 0.0723. The number of amides is 2. The van der Waals surface area contributed by atoms with Crippen LogP contribution in [0.5, 0.6) is 5.75 Å². The van der Waals surface area contributed by atoms with E-state index in [4.69, 9.17) is 11.6 Å². The van der Waals surface area contributed by atoms with Crippen molar-refractivity contribution in [2.24, 2.45) is 0 Å². The molecule has 6 heteroatoms. The van der Waals surface area contributed by atoms with Crippen molar-refractivity contribution in [1.29, 1.82) is 0 Å². The van der Waals surface area contributed by atoms with Crippen molar-refractivity contribution in [2.75, 3.05) is 17.7 Å². The second-order valence-corrected chi connectivity index (χ2v) is 4.15. The van der Waals surface area contributed by atoms with Crippen molar-refractivity contribution in [1.82, 2.24) is 5.32 Å². The fourth-order valence-electron chi connectivity index (χ4n) is 1.28. The van der Waals surface area contributed by atoms with Gasteiger partial charge in [-0.2, -0.15) is 0 Å². The Morgan fingerprint density at radius 2 is 2.06 bits per heavy atom. The minimum Gasteiger partial charge on any atom is -0.506 e. The van der Waals surface area contributed by atoms with Crippen molar-refractivity contribution in [3.05, 3.63) is 23.8 Å². The summed E-state index contributed by atoms with van der Waals surface area (Å²) in [5, 5.41) is 14.3. The summed E-state index contributed by atoms with van der Waals surface area (Å²) >= 11 is 5.45. The number of nitrogens with one attached hydrogen (secondary N) is 2. The Hall–Kier alpha value is -1.75. The van der Waals surface area contributed by atoms with E-state index >= 15 is 0 Å². The molecule has 18 heavy (non-hydrogen) atoms. The highest BCUT2D eigenvalue weighted by atomic mass is 35.5. The molecule has 0 saturated carbocycles. The van der Waals surface area contributed by atoms with E-state index in [9.17, 15) is 14.7 Å². The van der Waals surface area contributed by atoms with Crippen LogP contribution in [0.3, 0.4) is 0 Å². The van der Waals surface area contributed by atoms with Crippen LogP contribution in [-0.4, -0.2) is 29.3 Å². The Kier molecular flexibility index (Phi) is 5.45. The van der Waals surface area contributed by atoms with Crippen molar-refractivity contribution < 1.29 is 14.7 Å². The number of phenolic OH excluding ortho intramolecular Hbond substituents is 1. The summed E-state index contributed by atoms with van der Waals surface area (Å²) in [6.07, 6.45) is 0.594. The molecule has 98 valence electrons. The van der Waals surface area contributed by atoms with Gasteiger partial charge < -0.3 is 15.7 Å². The minimum atomic E-state index is -0.816. The molecular weight excluding hydrogens is 256 g/mol. The first-order chi connectivity index (χ1) is 8.54. The Morgan fingerprint density at radius 3 is 2.67 bits per heavy atom. The molecule has 3 N–H and O–H groups in total. The molecule has 0 bridgehead atoms. The number of halogens is 1. The third-order valence-electron chi connectivity index (χ3n) is 2.20. The summed E-state index contributed by atoms with van der Waals surface area (Å²) in [4.78, 5) is 22.8. The van der Waals surface area contributed by atoms with Crippen LogP contribution in [0.2, 0.25) is 0 Å². The van der Waals surface area contributed by atoms with Gasteiger partial charge in [0.05, 0.1) is 5.69 Å². The predicted octanol–water partition coefficient (Wildman–Crippen LogP) is 1.38. The normalized spacial score (nSPS) is 9.89. The number of hydrogen-bond donors (Lipinski definition) is 3. The first kappa shape index (κ1) is 14.3. The van der Waals surface area contributed by atoms with Crippen LogP contribution in [-0.2, 0) is 9.59 Å². The number of hydrogen-bond acceptors (Lipinski definition) is 3. The molecule has 5 nitrogen and oxygen atoms in total. The van der Waals surface area contributed by atoms with E-state index < -0.39 is 11.8 Å². The Bertz CT molecular complexity index is 449. The molecule has 0 saturated heterocycles. The van der Waals surface area contributed by atoms with Crippen LogP contribution in [0.25, 0.3) is 0 Å². The molecule has 0 fully saturated rings. The third kappa shape index (κ3) is 4.25. The van der Waals surface area contributed by atoms with Crippen LogP contribution < -0.4 is 10.6 Å². The first-order valence-electron chi connectivity index (χ1n) is 5.49. The fraction of sp³-hybridized carbons (Fsp3) is 0.333. The molecule has 1 aromatic rings. The number of alkyl halides is 1. The number of aromatic hydroxyl groups is 1. The molecule has 0 unspecified atom stereocenters. The maximum absolute atomic E-state index is 11.5. The number of phenols is 1. The molecule has 0 aliphatic heterocycles. The van der Waals surface area contributed by atoms with Crippen molar-refractivity contribution >= 4 is 29.1 Å². The zero-order valence-corrected chi connectivity index (χ0v) is 10.8. The highest BCUT2D eigenvalue weighted by Gasteiger charge is 2.14. The number of rotatable bonds is 4. The summed E-state index contributed by atoms with van der Waals surface area (Å²) in [5.41, 5.74) is 1.06. The standard InChI is InChI=1S/C12H15ClN2O3/c1-8-3-4-9(10(16)7-8)15-12(18)11(17)14-6-2-5-13/h3-4,7,16H,2,5-6H2,1H3,(H,14,17)(H,15,18). The molecular formula is C12H15ClN2O3. The lowest BCUT2D eigenvalue weighted by molar-refractivity contribution is -0.136. The van der Waals surface area contributed by atoms with E-state index in [2.05, 4.69) is 10.6 Å². The lowest BCUT2D eigenvalue weighted by Gasteiger charge is -2.08. The van der Waals surface area contributed by atoms with Gasteiger partial charge in [0, 0.05) is 12.4 Å². The molecule has 1 rings (SSSR count). The van der Waals surface area contributed by atoms with E-state index in [1.54, 1.807) is 6.07 Å². The third-order valence-corrected chi connectivity index (χ3v) is 2.47. The molecule has 0 radical (unpaired) electrons. The van der Waals surface area contributed by atoms with E-state index in [0.717, 1.165) is 5.56 Å². The van der Waals surface area contributed by atoms with Crippen LogP contribution in [0.15, 0.2) is 18.2 Å². The zero-order valence-electron chi connectivity index (χ0n) is 10.00. The molecule has 0 atom stereocenters. The predicted molar refractivity (Wildman–Crippen MR) is 69.8 cm³/mol. The Morgan fingerprint density at radius 1 is 1.33 bits per heavy atom. The molecule has 1 aromatic carbocycles. The zero-order chi connectivity index (χ0) is 13.5. The van der Waals surface area contributed by atoms with Gasteiger partial charge in [-0.15, -0.1) is 11.6 Å². The van der Waals surface area contributed by atoms with Crippen LogP contribution in [0.4, 0.5) is 5.69 Å². The van der Waals surface area contributed by atoms with Crippen LogP contribution in [0.1, 0.15) is 12.0 Å². The maximum Gasteiger partial charge on any atom is 0.313 e. The topological polar surface area (TPSA) is 78.4 Å². The quantitative estimate of drug-likeness (QED) is 0.335. The highest BCUT2D eigenvalue weighted by Crippen LogP contribution is 2.23. The number of benzene rings is 1. The van der Waals surface area contributed by atoms with E-state index in [1.807, 2.05) is 6.92 Å². The summed E-state index contributed by atoms with van der Waals surface area (Å²) in [6.45, 7) is 2.15. The molecule has 0 aliphatic carbocycles. The molecule has 0 heterocycles. The summed E-state index contributed by atoms with van der Waals surface area (Å²) in [6, 6.07) is 4.76. The average Bonchev–Trinajstić information content (AvgIpc) is 2.32. The van der Waals surface area contributed by atoms with Gasteiger partial charge in [-0.3, -0.25) is 9.59 Å². The smallest absolute Gasteiger partial charge is 0.313 e. The monoisotopic (exact) mass is 270 g/mol. The number of carbonyl (C=O) groups is 2. The van der Waals surface area contributed by atoms with Gasteiger partial charge in [-0.1, -0.05) is 6.07 Å². The molecule has 0 aromatic heterocycles. The van der Waals surface area contributed by atoms with E-state index in [0.29, 0.717) is 18.8 Å². The average molecular weight is 271 g/mol. The van der Waals surface area contributed by atoms with Gasteiger partial charge in [0.2, 0.25) is 0 Å². The van der Waals surface area contributed by atoms with Crippen molar-refractivity contribution in [3.8, 4) is 5.75 Å². The Labute approximate surface area is 110 Å². The fourth-order valence-corrected chi connectivity index (χ4v) is 1.41. The van der Waals surface area contributed by atoms with Gasteiger partial charge in [0.15, 0.2) is 0 Å². The number of carbonyl (C=O) groups excluding carboxylic acids is 2. The summed E-state index contributed by atoms with van der Waals surface area (Å²) in [7, 11) is 0. The van der Waals surface area contributed by atoms with Crippen molar-refractivity contribution in [2.45, 2.75) is 13.3 Å². The van der Waals surface area contributed by atoms with E-state index in [-0.39, 0.29) is 11.4 Å². The van der Waals surface area contributed by atoms with Gasteiger partial charge >= 0.3 is 11.8 Å². The second-order valence-electron chi connectivity index (χ2n) is 3.77. The van der Waals surface area contributed by atoms with E-state index in [1.165, 1.54) is 12.1 Å². The number of aryl methyl sites for hydroxylation is 1. The summed E-state index contributed by atoms with van der Waals surface area (Å²) < 4.78 is 0. The van der Waals surface area contributed by atoms with Crippen LogP contribution >= 0.6 is 11.6 Å². The highest BCUT2D eigenvalue weighted by molar-refractivity contribution is 6.39. The SMILES string of the molecule is Cc1ccc(NC(=O)C(=O)NCCCCl)c(O)c1. The van der Waals surface area contributed by atoms with Crippen LogP contribution in [0, 0.1) is 6.92 Å². The molecule has 0 spiro atoms. The molecule has 2 amide bonds. The number of anilines is 1. The Balaban J connectivity index is 2.56. The van der Waals surface area contributed by atoms with Crippen molar-refractivity contribution in [3.63, 3.8) is 0 Å². The van der Waals surface area contributed by atoms with Gasteiger partial charge in [0.1, 0.15) is 5.75 Å². The lowest BCUT2D eigenvalue weighted by atomic mass is 10.2. The van der Waals surface area contributed by atoms with Gasteiger partial charge in [0.25, 0.3) is 0 Å². The largest absolute Gasteiger partial charge is 0.506 e. The van der Waals surface area contributed by atoms with Gasteiger partial charge in [-0.05, 0) is 31.0 Å². The van der Waals surface area contributed by atoms with Gasteiger partial charge in [-0.25, -0.2) is 0 Å². The lowest BCUT2D eigenvalue weighted by Crippen LogP contribution is -2.36. The maximum atomic E-state index is 11.5.